The fraction of sp³-hybridized carbons (Fsp3) is 0.257. The summed E-state index contributed by atoms with van der Waals surface area (Å²) in [6.07, 6.45) is 11.6. The second-order valence-electron chi connectivity index (χ2n) is 28.5. The first kappa shape index (κ1) is 95.4. The Labute approximate surface area is 698 Å². The Morgan fingerprint density at radius 1 is 0.229 bits per heavy atom. The third kappa shape index (κ3) is 32.6. The minimum Gasteiger partial charge on any atom is -0.491 e. The van der Waals surface area contributed by atoms with Crippen LogP contribution in [0.4, 0.5) is 0 Å². The fourth-order valence-corrected chi connectivity index (χ4v) is 11.4. The molecular weight excluding hydrogens is 1490 g/mol. The highest BCUT2D eigenvalue weighted by atomic mass is 16.6. The van der Waals surface area contributed by atoms with Crippen LogP contribution in [0.2, 0.25) is 0 Å². The number of carbonyl (C=O) groups excluding carboxylic acids is 5. The average molecular weight is 1600 g/mol. The van der Waals surface area contributed by atoms with Gasteiger partial charge in [-0.3, -0.25) is 9.59 Å². The van der Waals surface area contributed by atoms with Crippen molar-refractivity contribution >= 4 is 29.5 Å². The maximum Gasteiger partial charge on any atom is 0.330 e. The Kier molecular flexibility index (Phi) is 40.1. The first-order valence-corrected chi connectivity index (χ1v) is 38.6. The van der Waals surface area contributed by atoms with Gasteiger partial charge in [-0.05, 0) is 159 Å². The number of hydrogen-bond acceptors (Lipinski definition) is 17. The molecule has 0 heterocycles. The molecule has 8 aromatic carbocycles. The molecule has 620 valence electrons. The summed E-state index contributed by atoms with van der Waals surface area (Å²) in [4.78, 5) is 56.0. The van der Waals surface area contributed by atoms with Crippen LogP contribution in [-0.4, -0.2) is 109 Å². The molecule has 0 aliphatic rings. The minimum absolute atomic E-state index is 0.0247. The molecule has 118 heavy (non-hydrogen) atoms. The minimum atomic E-state index is -0.455. The number of ketones is 2. The van der Waals surface area contributed by atoms with Crippen LogP contribution in [-0.2, 0) is 86.9 Å². The van der Waals surface area contributed by atoms with Crippen molar-refractivity contribution in [2.45, 2.75) is 89.9 Å². The summed E-state index contributed by atoms with van der Waals surface area (Å²) in [5.74, 6) is 4.81. The van der Waals surface area contributed by atoms with Gasteiger partial charge in [0.2, 0.25) is 0 Å². The van der Waals surface area contributed by atoms with Crippen LogP contribution in [0.15, 0.2) is 332 Å². The Balaban J connectivity index is 0.000000281. The first-order valence-electron chi connectivity index (χ1n) is 38.6. The molecule has 0 atom stereocenters. The number of allylic oxidation sites excluding steroid dienone is 5. The van der Waals surface area contributed by atoms with Crippen LogP contribution in [0.1, 0.15) is 111 Å². The Bertz CT molecular complexity index is 3950. The van der Waals surface area contributed by atoms with E-state index in [0.717, 1.165) is 80.5 Å². The Morgan fingerprint density at radius 3 is 0.542 bits per heavy atom. The predicted molar refractivity (Wildman–Crippen MR) is 470 cm³/mol. The third-order valence-electron chi connectivity index (χ3n) is 18.9. The number of rotatable bonds is 47. The summed E-state index contributed by atoms with van der Waals surface area (Å²) < 4.78 is 64.6. The molecule has 8 aromatic rings. The quantitative estimate of drug-likeness (QED) is 0.00871. The highest BCUT2D eigenvalue weighted by molar-refractivity contribution is 5.91. The molecule has 0 bridgehead atoms. The molecule has 0 N–H and O–H groups in total. The zero-order valence-electron chi connectivity index (χ0n) is 69.7. The highest BCUT2D eigenvalue weighted by Gasteiger charge is 2.27. The highest BCUT2D eigenvalue weighted by Crippen LogP contribution is 2.38. The number of carbonyl (C=O) groups is 5. The van der Waals surface area contributed by atoms with E-state index < -0.39 is 17.9 Å². The van der Waals surface area contributed by atoms with E-state index in [0.29, 0.717) is 69.8 Å². The van der Waals surface area contributed by atoms with Gasteiger partial charge in [-0.2, -0.15) is 0 Å². The lowest BCUT2D eigenvalue weighted by Gasteiger charge is -2.26. The number of benzene rings is 8. The molecule has 0 saturated carbocycles. The van der Waals surface area contributed by atoms with Gasteiger partial charge in [-0.1, -0.05) is 249 Å². The largest absolute Gasteiger partial charge is 0.491 e. The molecule has 0 radical (unpaired) electrons. The second kappa shape index (κ2) is 49.6. The van der Waals surface area contributed by atoms with Gasteiger partial charge in [-0.15, -0.1) is 0 Å². The van der Waals surface area contributed by atoms with Gasteiger partial charge in [0.15, 0.2) is 11.6 Å². The lowest BCUT2D eigenvalue weighted by Crippen LogP contribution is -2.19. The van der Waals surface area contributed by atoms with E-state index in [4.69, 9.17) is 56.8 Å². The van der Waals surface area contributed by atoms with Crippen molar-refractivity contribution in [2.24, 2.45) is 0 Å². The smallest absolute Gasteiger partial charge is 0.330 e. The Morgan fingerprint density at radius 2 is 0.390 bits per heavy atom. The molecule has 8 rings (SSSR count). The van der Waals surface area contributed by atoms with Gasteiger partial charge < -0.3 is 56.8 Å². The van der Waals surface area contributed by atoms with Gasteiger partial charge >= 0.3 is 17.9 Å². The lowest BCUT2D eigenvalue weighted by atomic mass is 9.77. The zero-order valence-corrected chi connectivity index (χ0v) is 69.7. The Hall–Kier alpha value is -13.2. The van der Waals surface area contributed by atoms with Crippen LogP contribution in [0, 0.1) is 0 Å². The molecule has 0 aliphatic carbocycles. The zero-order chi connectivity index (χ0) is 86.5. The summed E-state index contributed by atoms with van der Waals surface area (Å²) >= 11 is 0. The van der Waals surface area contributed by atoms with Crippen molar-refractivity contribution in [1.29, 1.82) is 0 Å². The van der Waals surface area contributed by atoms with Crippen LogP contribution in [0.5, 0.6) is 34.5 Å². The lowest BCUT2D eigenvalue weighted by molar-refractivity contribution is -0.139. The number of esters is 3. The van der Waals surface area contributed by atoms with E-state index >= 15 is 0 Å². The number of ether oxygens (including phenoxy) is 12. The van der Waals surface area contributed by atoms with Crippen molar-refractivity contribution in [3.63, 3.8) is 0 Å². The summed E-state index contributed by atoms with van der Waals surface area (Å²) in [6, 6.07) is 64.2. The molecule has 17 heteroatoms. The first-order chi connectivity index (χ1) is 56.4. The molecule has 0 aromatic heterocycles. The van der Waals surface area contributed by atoms with E-state index in [1.54, 1.807) is 18.2 Å². The summed E-state index contributed by atoms with van der Waals surface area (Å²) in [5, 5.41) is 0. The molecule has 0 fully saturated rings. The van der Waals surface area contributed by atoms with Gasteiger partial charge in [0, 0.05) is 52.7 Å². The summed E-state index contributed by atoms with van der Waals surface area (Å²) in [5.41, 5.74) is 10.6. The van der Waals surface area contributed by atoms with Crippen LogP contribution in [0.25, 0.3) is 0 Å². The molecule has 17 nitrogen and oxygen atoms in total. The number of hydrogen-bond donors (Lipinski definition) is 0. The predicted octanol–water partition coefficient (Wildman–Crippen LogP) is 20.3. The SMILES string of the molecule is C=CC(=C)OCCOc1ccc(C(C)(C)c2ccc(OCCOC(=O)C=C)cc2)cc1.C=CC(=C)OCCOc1ccc(C(C)(C)c2ccc(OCCOC(=O)C=C)cc2)cc1.C=CC(=C)OCCOc1ccc(C(C)(C)c2ccc(OCCOC(=O)C=C)cc2)cc1.C=CC(=O)Cc1ccc(C(C)(C)c2ccc(CC(=O)C=C)cc2)cc1. The van der Waals surface area contributed by atoms with E-state index in [2.05, 4.69) is 188 Å². The van der Waals surface area contributed by atoms with E-state index in [9.17, 15) is 24.0 Å². The second-order valence-corrected chi connectivity index (χ2v) is 28.5. The van der Waals surface area contributed by atoms with Crippen LogP contribution >= 0.6 is 0 Å². The molecule has 0 unspecified atom stereocenters. The molecule has 0 spiro atoms. The maximum absolute atomic E-state index is 11.5. The summed E-state index contributed by atoms with van der Waals surface area (Å²) in [7, 11) is 0. The van der Waals surface area contributed by atoms with Gasteiger partial charge in [0.25, 0.3) is 0 Å². The maximum atomic E-state index is 11.5. The molecule has 0 saturated heterocycles. The van der Waals surface area contributed by atoms with Crippen molar-refractivity contribution in [3.05, 3.63) is 388 Å². The van der Waals surface area contributed by atoms with E-state index in [-0.39, 0.29) is 72.9 Å². The molecule has 0 amide bonds. The van der Waals surface area contributed by atoms with Crippen LogP contribution in [0.3, 0.4) is 0 Å². The van der Waals surface area contributed by atoms with Crippen molar-refractivity contribution in [1.82, 2.24) is 0 Å². The normalized spacial score (nSPS) is 10.7. The standard InChI is InChI=1S/3C26H30O5.C23H24O2/c3*1-6-20(3)28-16-17-29-23-12-8-21(9-13-23)26(4,5)22-10-14-24(15-11-22)30-18-19-31-25(27)7-2;1-5-21(24)15-17-7-11-19(12-8-17)23(3,4)20-13-9-18(10-14-20)16-22(25)6-2/h3*6-15H,1-3,16-19H2,4-5H3;5-14H,1-2,15-16H2,3-4H3. The molecular formula is C101H114O17. The van der Waals surface area contributed by atoms with Gasteiger partial charge in [-0.25, -0.2) is 14.4 Å². The topological polar surface area (TPSA) is 196 Å². The van der Waals surface area contributed by atoms with Crippen molar-refractivity contribution in [2.75, 3.05) is 79.3 Å². The fourth-order valence-electron chi connectivity index (χ4n) is 11.4. The third-order valence-corrected chi connectivity index (χ3v) is 18.9. The van der Waals surface area contributed by atoms with Gasteiger partial charge in [0.05, 0.1) is 0 Å². The van der Waals surface area contributed by atoms with Crippen molar-refractivity contribution < 1.29 is 80.8 Å². The monoisotopic (exact) mass is 1600 g/mol. The van der Waals surface area contributed by atoms with Crippen molar-refractivity contribution in [3.8, 4) is 34.5 Å². The van der Waals surface area contributed by atoms with E-state index in [1.807, 2.05) is 133 Å². The molecule has 0 aliphatic heterocycles. The van der Waals surface area contributed by atoms with E-state index in [1.165, 1.54) is 40.0 Å². The summed E-state index contributed by atoms with van der Waals surface area (Å²) in [6.45, 7) is 60.3. The van der Waals surface area contributed by atoms with Gasteiger partial charge in [0.1, 0.15) is 131 Å². The average Bonchev–Trinajstić information content (AvgIpc) is 0.850. The van der Waals surface area contributed by atoms with Crippen LogP contribution < -0.4 is 28.4 Å².